The van der Waals surface area contributed by atoms with Crippen molar-refractivity contribution in [3.63, 3.8) is 0 Å². The van der Waals surface area contributed by atoms with Crippen LogP contribution in [-0.4, -0.2) is 27.7 Å². The summed E-state index contributed by atoms with van der Waals surface area (Å²) >= 11 is 2.78. The molecule has 0 saturated heterocycles. The standard InChI is InChI=1S/C15H19N5S2/c1-5-20-12-7-6-11(8-10(12)9-15(20,2)3)17-18-13-16-14(21-4)19-22-13/h6-8H,5,9H2,1-4H3. The van der Waals surface area contributed by atoms with Crippen molar-refractivity contribution in [2.75, 3.05) is 17.7 Å². The summed E-state index contributed by atoms with van der Waals surface area (Å²) in [5.41, 5.74) is 3.69. The van der Waals surface area contributed by atoms with Crippen LogP contribution in [0.2, 0.25) is 0 Å². The second-order valence-corrected chi connectivity index (χ2v) is 7.31. The molecule has 22 heavy (non-hydrogen) atoms. The summed E-state index contributed by atoms with van der Waals surface area (Å²) in [5, 5.41) is 9.84. The lowest BCUT2D eigenvalue weighted by molar-refractivity contribution is 0.495. The van der Waals surface area contributed by atoms with Crippen molar-refractivity contribution in [1.82, 2.24) is 9.36 Å². The van der Waals surface area contributed by atoms with E-state index >= 15 is 0 Å². The van der Waals surface area contributed by atoms with Crippen LogP contribution in [0.4, 0.5) is 16.5 Å². The van der Waals surface area contributed by atoms with Crippen molar-refractivity contribution in [1.29, 1.82) is 0 Å². The van der Waals surface area contributed by atoms with Crippen molar-refractivity contribution in [3.05, 3.63) is 23.8 Å². The number of anilines is 1. The Morgan fingerprint density at radius 1 is 1.36 bits per heavy atom. The highest BCUT2D eigenvalue weighted by molar-refractivity contribution is 7.98. The first-order chi connectivity index (χ1) is 10.5. The smallest absolute Gasteiger partial charge is 0.250 e. The van der Waals surface area contributed by atoms with Crippen LogP contribution in [0.1, 0.15) is 26.3 Å². The molecule has 7 heteroatoms. The van der Waals surface area contributed by atoms with Gasteiger partial charge in [-0.1, -0.05) is 11.8 Å². The Morgan fingerprint density at radius 2 is 2.18 bits per heavy atom. The van der Waals surface area contributed by atoms with Gasteiger partial charge >= 0.3 is 0 Å². The van der Waals surface area contributed by atoms with Crippen molar-refractivity contribution in [2.45, 2.75) is 37.9 Å². The molecule has 0 unspecified atom stereocenters. The zero-order valence-electron chi connectivity index (χ0n) is 13.2. The monoisotopic (exact) mass is 333 g/mol. The average molecular weight is 333 g/mol. The highest BCUT2D eigenvalue weighted by atomic mass is 32.2. The number of hydrogen-bond donors (Lipinski definition) is 0. The van der Waals surface area contributed by atoms with Crippen LogP contribution in [0, 0.1) is 0 Å². The quantitative estimate of drug-likeness (QED) is 0.593. The van der Waals surface area contributed by atoms with Gasteiger partial charge in [-0.05, 0) is 57.2 Å². The maximum Gasteiger partial charge on any atom is 0.250 e. The van der Waals surface area contributed by atoms with Crippen molar-refractivity contribution in [3.8, 4) is 0 Å². The molecular formula is C15H19N5S2. The van der Waals surface area contributed by atoms with E-state index in [4.69, 9.17) is 0 Å². The maximum absolute atomic E-state index is 4.31. The number of rotatable bonds is 4. The molecule has 0 fully saturated rings. The van der Waals surface area contributed by atoms with E-state index in [0.717, 1.165) is 23.8 Å². The predicted molar refractivity (Wildman–Crippen MR) is 93.1 cm³/mol. The van der Waals surface area contributed by atoms with Gasteiger partial charge < -0.3 is 4.90 Å². The SMILES string of the molecule is CCN1c2ccc(N=Nc3nc(SC)ns3)cc2CC1(C)C. The zero-order valence-corrected chi connectivity index (χ0v) is 14.8. The molecule has 0 N–H and O–H groups in total. The zero-order chi connectivity index (χ0) is 15.7. The molecule has 0 saturated carbocycles. The third-order valence-electron chi connectivity index (χ3n) is 3.85. The maximum atomic E-state index is 4.31. The number of thioether (sulfide) groups is 1. The molecule has 0 spiro atoms. The number of likely N-dealkylation sites (N-methyl/N-ethyl adjacent to an activating group) is 1. The molecule has 116 valence electrons. The fraction of sp³-hybridized carbons (Fsp3) is 0.467. The summed E-state index contributed by atoms with van der Waals surface area (Å²) < 4.78 is 4.18. The average Bonchev–Trinajstić information content (AvgIpc) is 3.04. The molecule has 1 aromatic carbocycles. The fourth-order valence-electron chi connectivity index (χ4n) is 2.95. The van der Waals surface area contributed by atoms with E-state index in [0.29, 0.717) is 5.13 Å². The lowest BCUT2D eigenvalue weighted by atomic mass is 9.99. The van der Waals surface area contributed by atoms with E-state index in [9.17, 15) is 0 Å². The lowest BCUT2D eigenvalue weighted by Gasteiger charge is -2.33. The Bertz CT molecular complexity index is 708. The third-order valence-corrected chi connectivity index (χ3v) is 5.12. The lowest BCUT2D eigenvalue weighted by Crippen LogP contribution is -2.40. The minimum atomic E-state index is 0.166. The summed E-state index contributed by atoms with van der Waals surface area (Å²) in [4.78, 5) is 6.71. The number of azo groups is 1. The second kappa shape index (κ2) is 5.96. The van der Waals surface area contributed by atoms with E-state index in [-0.39, 0.29) is 5.54 Å². The van der Waals surface area contributed by atoms with Gasteiger partial charge in [-0.3, -0.25) is 0 Å². The highest BCUT2D eigenvalue weighted by Gasteiger charge is 2.34. The molecule has 2 aromatic rings. The molecule has 0 radical (unpaired) electrons. The fourth-order valence-corrected chi connectivity index (χ4v) is 4.00. The molecule has 3 rings (SSSR count). The van der Waals surface area contributed by atoms with E-state index in [1.54, 1.807) is 0 Å². The van der Waals surface area contributed by atoms with Crippen LogP contribution >= 0.6 is 23.3 Å². The first-order valence-corrected chi connectivity index (χ1v) is 9.23. The summed E-state index contributed by atoms with van der Waals surface area (Å²) in [6.45, 7) is 7.78. The normalized spacial score (nSPS) is 16.5. The van der Waals surface area contributed by atoms with Gasteiger partial charge in [0.2, 0.25) is 10.3 Å². The molecular weight excluding hydrogens is 314 g/mol. The number of hydrogen-bond acceptors (Lipinski definition) is 7. The van der Waals surface area contributed by atoms with Crippen LogP contribution in [-0.2, 0) is 6.42 Å². The van der Waals surface area contributed by atoms with E-state index in [2.05, 4.69) is 57.4 Å². The summed E-state index contributed by atoms with van der Waals surface area (Å²) in [6.07, 6.45) is 2.99. The molecule has 0 atom stereocenters. The Labute approximate surface area is 139 Å². The van der Waals surface area contributed by atoms with Crippen LogP contribution < -0.4 is 4.90 Å². The van der Waals surface area contributed by atoms with Crippen LogP contribution in [0.5, 0.6) is 0 Å². The Hall–Kier alpha value is -1.47. The first kappa shape index (κ1) is 15.4. The van der Waals surface area contributed by atoms with Crippen molar-refractivity contribution >= 4 is 39.8 Å². The third kappa shape index (κ3) is 2.87. The minimum Gasteiger partial charge on any atom is -0.366 e. The Kier molecular flexibility index (Phi) is 4.18. The number of benzene rings is 1. The van der Waals surface area contributed by atoms with Gasteiger partial charge in [-0.25, -0.2) is 0 Å². The van der Waals surface area contributed by atoms with Crippen molar-refractivity contribution in [2.24, 2.45) is 10.2 Å². The molecule has 5 nitrogen and oxygen atoms in total. The molecule has 1 aromatic heterocycles. The van der Waals surface area contributed by atoms with Gasteiger partial charge in [0.1, 0.15) is 0 Å². The Morgan fingerprint density at radius 3 is 2.86 bits per heavy atom. The highest BCUT2D eigenvalue weighted by Crippen LogP contribution is 2.40. The molecule has 0 amide bonds. The topological polar surface area (TPSA) is 53.7 Å². The number of fused-ring (bicyclic) bond motifs is 1. The first-order valence-electron chi connectivity index (χ1n) is 7.23. The molecule has 0 aliphatic carbocycles. The van der Waals surface area contributed by atoms with Gasteiger partial charge in [0.25, 0.3) is 0 Å². The summed E-state index contributed by atoms with van der Waals surface area (Å²) in [5.74, 6) is 0. The summed E-state index contributed by atoms with van der Waals surface area (Å²) in [7, 11) is 0. The minimum absolute atomic E-state index is 0.166. The predicted octanol–water partition coefficient (Wildman–Crippen LogP) is 4.84. The van der Waals surface area contributed by atoms with Gasteiger partial charge in [0.05, 0.1) is 5.69 Å². The van der Waals surface area contributed by atoms with E-state index < -0.39 is 0 Å². The van der Waals surface area contributed by atoms with Gasteiger partial charge in [0, 0.05) is 29.3 Å². The van der Waals surface area contributed by atoms with E-state index in [1.165, 1.54) is 34.5 Å². The molecule has 1 aliphatic rings. The molecule has 0 bridgehead atoms. The molecule has 1 aliphatic heterocycles. The Balaban J connectivity index is 1.83. The van der Waals surface area contributed by atoms with Crippen LogP contribution in [0.15, 0.2) is 33.6 Å². The van der Waals surface area contributed by atoms with Crippen LogP contribution in [0.3, 0.4) is 0 Å². The molecule has 2 heterocycles. The van der Waals surface area contributed by atoms with E-state index in [1.807, 2.05) is 12.3 Å². The largest absolute Gasteiger partial charge is 0.366 e. The van der Waals surface area contributed by atoms with Crippen LogP contribution in [0.25, 0.3) is 0 Å². The van der Waals surface area contributed by atoms with Crippen molar-refractivity contribution < 1.29 is 0 Å². The number of aromatic nitrogens is 2. The second-order valence-electron chi connectivity index (χ2n) is 5.81. The number of nitrogens with zero attached hydrogens (tertiary/aromatic N) is 5. The van der Waals surface area contributed by atoms with Gasteiger partial charge in [-0.15, -0.1) is 10.2 Å². The summed E-state index contributed by atoms with van der Waals surface area (Å²) in [6, 6.07) is 6.30. The van der Waals surface area contributed by atoms with Gasteiger partial charge in [-0.2, -0.15) is 9.36 Å². The van der Waals surface area contributed by atoms with Gasteiger partial charge in [0.15, 0.2) is 0 Å².